The molecule has 0 saturated heterocycles. The molecule has 0 aliphatic carbocycles. The molecular formula is C14H14Cl2N2O2. The average molecular weight is 313 g/mol. The van der Waals surface area contributed by atoms with E-state index in [4.69, 9.17) is 33.4 Å². The summed E-state index contributed by atoms with van der Waals surface area (Å²) >= 11 is 11.9. The molecule has 1 heterocycles. The largest absolute Gasteiger partial charge is 0.469 e. The fourth-order valence-electron chi connectivity index (χ4n) is 1.83. The van der Waals surface area contributed by atoms with Crippen molar-refractivity contribution >= 4 is 34.8 Å². The minimum atomic E-state index is -0.186. The van der Waals surface area contributed by atoms with Crippen molar-refractivity contribution in [1.82, 2.24) is 4.90 Å². The molecule has 0 bridgehead atoms. The number of benzene rings is 1. The molecule has 0 saturated carbocycles. The lowest BCUT2D eigenvalue weighted by atomic mass is 10.1. The molecule has 0 aliphatic heterocycles. The first-order valence-corrected chi connectivity index (χ1v) is 6.68. The van der Waals surface area contributed by atoms with Crippen LogP contribution in [0.15, 0.2) is 28.9 Å². The molecule has 106 valence electrons. The molecule has 4 nitrogen and oxygen atoms in total. The van der Waals surface area contributed by atoms with Gasteiger partial charge in [-0.1, -0.05) is 23.2 Å². The number of nitrogens with zero attached hydrogens (tertiary/aromatic N) is 1. The van der Waals surface area contributed by atoms with E-state index in [1.165, 1.54) is 12.1 Å². The summed E-state index contributed by atoms with van der Waals surface area (Å²) in [4.78, 5) is 13.9. The third-order valence-corrected chi connectivity index (χ3v) is 3.67. The fraction of sp³-hybridized carbons (Fsp3) is 0.214. The van der Waals surface area contributed by atoms with Crippen LogP contribution in [0.4, 0.5) is 5.69 Å². The van der Waals surface area contributed by atoms with E-state index in [1.807, 2.05) is 13.0 Å². The number of hydrogen-bond acceptors (Lipinski definition) is 3. The first-order valence-electron chi connectivity index (χ1n) is 5.93. The number of hydrogen-bond donors (Lipinski definition) is 1. The number of nitrogen functional groups attached to an aromatic ring is 1. The highest BCUT2D eigenvalue weighted by atomic mass is 35.5. The van der Waals surface area contributed by atoms with Crippen molar-refractivity contribution in [1.29, 1.82) is 0 Å². The van der Waals surface area contributed by atoms with Crippen molar-refractivity contribution in [2.75, 3.05) is 12.8 Å². The van der Waals surface area contributed by atoms with Crippen molar-refractivity contribution in [3.8, 4) is 0 Å². The molecule has 0 fully saturated rings. The molecule has 1 amide bonds. The molecule has 2 aromatic rings. The number of amides is 1. The predicted octanol–water partition coefficient (Wildman–Crippen LogP) is 3.75. The van der Waals surface area contributed by atoms with E-state index in [-0.39, 0.29) is 21.6 Å². The zero-order valence-electron chi connectivity index (χ0n) is 11.1. The van der Waals surface area contributed by atoms with Crippen molar-refractivity contribution < 1.29 is 9.21 Å². The summed E-state index contributed by atoms with van der Waals surface area (Å²) in [6.45, 7) is 2.30. The molecule has 0 radical (unpaired) electrons. The van der Waals surface area contributed by atoms with Gasteiger partial charge in [-0.05, 0) is 25.1 Å². The van der Waals surface area contributed by atoms with Crippen LogP contribution in [0.25, 0.3) is 0 Å². The first kappa shape index (κ1) is 14.8. The molecule has 1 aromatic carbocycles. The Bertz CT molecular complexity index is 629. The Hall–Kier alpha value is -1.65. The van der Waals surface area contributed by atoms with Crippen LogP contribution in [0.5, 0.6) is 0 Å². The summed E-state index contributed by atoms with van der Waals surface area (Å²) in [5, 5.41) is 0.544. The molecule has 1 aromatic heterocycles. The van der Waals surface area contributed by atoms with Gasteiger partial charge < -0.3 is 15.1 Å². The highest BCUT2D eigenvalue weighted by Gasteiger charge is 2.16. The number of furan rings is 1. The minimum absolute atomic E-state index is 0.186. The Morgan fingerprint density at radius 2 is 1.95 bits per heavy atom. The summed E-state index contributed by atoms with van der Waals surface area (Å²) < 4.78 is 5.21. The lowest BCUT2D eigenvalue weighted by molar-refractivity contribution is 0.0784. The van der Waals surface area contributed by atoms with Gasteiger partial charge in [-0.2, -0.15) is 0 Å². The highest BCUT2D eigenvalue weighted by Crippen LogP contribution is 2.29. The molecular weight excluding hydrogens is 299 g/mol. The number of carbonyl (C=O) groups excluding carboxylic acids is 1. The third-order valence-electron chi connectivity index (χ3n) is 3.05. The minimum Gasteiger partial charge on any atom is -0.469 e. The van der Waals surface area contributed by atoms with Gasteiger partial charge in [0.2, 0.25) is 0 Å². The zero-order chi connectivity index (χ0) is 14.9. The average Bonchev–Trinajstić information content (AvgIpc) is 2.80. The smallest absolute Gasteiger partial charge is 0.254 e. The predicted molar refractivity (Wildman–Crippen MR) is 80.1 cm³/mol. The lowest BCUT2D eigenvalue weighted by Gasteiger charge is -2.17. The van der Waals surface area contributed by atoms with Gasteiger partial charge in [0, 0.05) is 24.7 Å². The van der Waals surface area contributed by atoms with Crippen LogP contribution in [0, 0.1) is 6.92 Å². The van der Waals surface area contributed by atoms with E-state index in [2.05, 4.69) is 0 Å². The highest BCUT2D eigenvalue weighted by molar-refractivity contribution is 6.39. The zero-order valence-corrected chi connectivity index (χ0v) is 12.6. The van der Waals surface area contributed by atoms with Gasteiger partial charge in [0.15, 0.2) is 0 Å². The van der Waals surface area contributed by atoms with E-state index in [0.29, 0.717) is 12.1 Å². The monoisotopic (exact) mass is 312 g/mol. The number of nitrogens with two attached hydrogens (primary N) is 1. The summed E-state index contributed by atoms with van der Waals surface area (Å²) in [6.07, 6.45) is 1.60. The van der Waals surface area contributed by atoms with Crippen molar-refractivity contribution in [2.24, 2.45) is 0 Å². The van der Waals surface area contributed by atoms with Crippen LogP contribution >= 0.6 is 23.2 Å². The van der Waals surface area contributed by atoms with Gasteiger partial charge in [-0.15, -0.1) is 0 Å². The maximum atomic E-state index is 12.3. The summed E-state index contributed by atoms with van der Waals surface area (Å²) in [6, 6.07) is 4.87. The summed E-state index contributed by atoms with van der Waals surface area (Å²) in [7, 11) is 1.70. The second kappa shape index (κ2) is 5.77. The standard InChI is InChI=1S/C14H14Cl2N2O2/c1-8-9(3-4-20-8)7-18(2)14(19)10-5-11(15)13(17)12(16)6-10/h3-6H,7,17H2,1-2H3. The topological polar surface area (TPSA) is 59.5 Å². The number of halogens is 2. The molecule has 2 N–H and O–H groups in total. The summed E-state index contributed by atoms with van der Waals surface area (Å²) in [5.74, 6) is 0.604. The SMILES string of the molecule is Cc1occc1CN(C)C(=O)c1cc(Cl)c(N)c(Cl)c1. The third kappa shape index (κ3) is 2.92. The molecule has 2 rings (SSSR count). The van der Waals surface area contributed by atoms with Crippen LogP contribution in [0.2, 0.25) is 10.0 Å². The van der Waals surface area contributed by atoms with Crippen molar-refractivity contribution in [2.45, 2.75) is 13.5 Å². The van der Waals surface area contributed by atoms with Gasteiger partial charge in [-0.3, -0.25) is 4.79 Å². The second-order valence-corrected chi connectivity index (χ2v) is 5.33. The van der Waals surface area contributed by atoms with Gasteiger partial charge in [0.1, 0.15) is 5.76 Å². The number of carbonyl (C=O) groups is 1. The van der Waals surface area contributed by atoms with Crippen molar-refractivity contribution in [3.05, 3.63) is 51.4 Å². The fourth-order valence-corrected chi connectivity index (χ4v) is 2.32. The lowest BCUT2D eigenvalue weighted by Crippen LogP contribution is -2.26. The Balaban J connectivity index is 2.21. The molecule has 0 unspecified atom stereocenters. The molecule has 0 spiro atoms. The Labute approximate surface area is 127 Å². The maximum Gasteiger partial charge on any atom is 0.254 e. The van der Waals surface area contributed by atoms with Gasteiger partial charge in [-0.25, -0.2) is 0 Å². The van der Waals surface area contributed by atoms with Crippen LogP contribution in [0.1, 0.15) is 21.7 Å². The Morgan fingerprint density at radius 1 is 1.35 bits per heavy atom. The quantitative estimate of drug-likeness (QED) is 0.878. The molecule has 0 atom stereocenters. The second-order valence-electron chi connectivity index (χ2n) is 4.52. The number of anilines is 1. The molecule has 6 heteroatoms. The number of rotatable bonds is 3. The van der Waals surface area contributed by atoms with Crippen LogP contribution in [-0.2, 0) is 6.54 Å². The van der Waals surface area contributed by atoms with Crippen LogP contribution in [-0.4, -0.2) is 17.9 Å². The Morgan fingerprint density at radius 3 is 2.45 bits per heavy atom. The molecule has 20 heavy (non-hydrogen) atoms. The van der Waals surface area contributed by atoms with Gasteiger partial charge in [0.25, 0.3) is 5.91 Å². The van der Waals surface area contributed by atoms with Crippen molar-refractivity contribution in [3.63, 3.8) is 0 Å². The van der Waals surface area contributed by atoms with Crippen LogP contribution < -0.4 is 5.73 Å². The van der Waals surface area contributed by atoms with E-state index in [9.17, 15) is 4.79 Å². The van der Waals surface area contributed by atoms with Gasteiger partial charge in [0.05, 0.1) is 22.0 Å². The van der Waals surface area contributed by atoms with E-state index in [1.54, 1.807) is 18.2 Å². The van der Waals surface area contributed by atoms with E-state index < -0.39 is 0 Å². The summed E-state index contributed by atoms with van der Waals surface area (Å²) in [5.41, 5.74) is 7.28. The number of aryl methyl sites for hydroxylation is 1. The van der Waals surface area contributed by atoms with E-state index >= 15 is 0 Å². The van der Waals surface area contributed by atoms with E-state index in [0.717, 1.165) is 11.3 Å². The van der Waals surface area contributed by atoms with Gasteiger partial charge >= 0.3 is 0 Å². The van der Waals surface area contributed by atoms with Crippen LogP contribution in [0.3, 0.4) is 0 Å². The Kier molecular flexibility index (Phi) is 4.26. The maximum absolute atomic E-state index is 12.3. The molecule has 0 aliphatic rings. The first-order chi connectivity index (χ1) is 9.40. The normalized spacial score (nSPS) is 10.6.